The van der Waals surface area contributed by atoms with E-state index in [1.807, 2.05) is 0 Å². The molecule has 3 atom stereocenters. The van der Waals surface area contributed by atoms with Gasteiger partial charge in [-0.2, -0.15) is 0 Å². The molecule has 20 heavy (non-hydrogen) atoms. The van der Waals surface area contributed by atoms with Crippen molar-refractivity contribution < 1.29 is 13.5 Å². The van der Waals surface area contributed by atoms with Crippen molar-refractivity contribution in [3.63, 3.8) is 0 Å². The Balaban J connectivity index is 2.19. The Morgan fingerprint density at radius 2 is 1.95 bits per heavy atom. The molecule has 3 unspecified atom stereocenters. The van der Waals surface area contributed by atoms with E-state index < -0.39 is 10.0 Å². The quantitative estimate of drug-likeness (QED) is 0.896. The summed E-state index contributed by atoms with van der Waals surface area (Å²) < 4.78 is 27.8. The number of hydrogen-bond donors (Lipinski definition) is 2. The molecule has 0 saturated heterocycles. The second-order valence-corrected chi connectivity index (χ2v) is 7.57. The van der Waals surface area contributed by atoms with Gasteiger partial charge in [-0.25, -0.2) is 13.1 Å². The normalized spacial score (nSPS) is 27.4. The first-order chi connectivity index (χ1) is 9.44. The molecule has 4 nitrogen and oxygen atoms in total. The highest BCUT2D eigenvalue weighted by atomic mass is 32.2. The van der Waals surface area contributed by atoms with Crippen LogP contribution in [0.3, 0.4) is 0 Å². The molecule has 0 spiro atoms. The van der Waals surface area contributed by atoms with Crippen molar-refractivity contribution in [3.8, 4) is 0 Å². The Morgan fingerprint density at radius 3 is 2.60 bits per heavy atom. The molecular formula is C15H23NO3S. The minimum atomic E-state index is -3.56. The van der Waals surface area contributed by atoms with Crippen LogP contribution in [0.15, 0.2) is 29.2 Å². The van der Waals surface area contributed by atoms with E-state index >= 15 is 0 Å². The summed E-state index contributed by atoms with van der Waals surface area (Å²) in [5, 5.41) is 9.28. The van der Waals surface area contributed by atoms with Gasteiger partial charge in [-0.1, -0.05) is 32.0 Å². The summed E-state index contributed by atoms with van der Waals surface area (Å²) in [4.78, 5) is 0.188. The van der Waals surface area contributed by atoms with Crippen LogP contribution in [0, 0.1) is 11.8 Å². The van der Waals surface area contributed by atoms with Gasteiger partial charge in [0.2, 0.25) is 10.0 Å². The van der Waals surface area contributed by atoms with Crippen LogP contribution in [0.1, 0.15) is 38.7 Å². The van der Waals surface area contributed by atoms with Crippen LogP contribution < -0.4 is 4.72 Å². The van der Waals surface area contributed by atoms with Crippen molar-refractivity contribution in [3.05, 3.63) is 29.8 Å². The van der Waals surface area contributed by atoms with E-state index in [0.717, 1.165) is 19.3 Å². The minimum Gasteiger partial charge on any atom is -0.392 e. The van der Waals surface area contributed by atoms with Gasteiger partial charge in [0, 0.05) is 6.04 Å². The number of sulfonamides is 1. The fourth-order valence-corrected chi connectivity index (χ4v) is 4.61. The van der Waals surface area contributed by atoms with Crippen molar-refractivity contribution in [1.29, 1.82) is 0 Å². The molecule has 112 valence electrons. The maximum atomic E-state index is 12.5. The zero-order valence-electron chi connectivity index (χ0n) is 12.0. The molecule has 0 aromatic heterocycles. The molecule has 1 aliphatic rings. The molecular weight excluding hydrogens is 274 g/mol. The third kappa shape index (κ3) is 3.40. The van der Waals surface area contributed by atoms with E-state index in [2.05, 4.69) is 18.6 Å². The van der Waals surface area contributed by atoms with Gasteiger partial charge in [0.05, 0.1) is 11.5 Å². The summed E-state index contributed by atoms with van der Waals surface area (Å²) in [5.41, 5.74) is 0.442. The van der Waals surface area contributed by atoms with Gasteiger partial charge in [0.15, 0.2) is 0 Å². The Morgan fingerprint density at radius 1 is 1.25 bits per heavy atom. The van der Waals surface area contributed by atoms with Gasteiger partial charge in [-0.15, -0.1) is 0 Å². The van der Waals surface area contributed by atoms with Crippen LogP contribution in [0.25, 0.3) is 0 Å². The summed E-state index contributed by atoms with van der Waals surface area (Å²) in [6, 6.07) is 6.59. The molecule has 1 fully saturated rings. The minimum absolute atomic E-state index is 0.0112. The standard InChI is InChI=1S/C15H23NO3S/c1-11-7-8-14(12(2)9-11)16-20(18,19)15-6-4-3-5-13(15)10-17/h3-6,11-12,14,16-17H,7-10H2,1-2H3. The topological polar surface area (TPSA) is 66.4 Å². The average molecular weight is 297 g/mol. The van der Waals surface area contributed by atoms with Crippen LogP contribution in [0.5, 0.6) is 0 Å². The first kappa shape index (κ1) is 15.5. The second-order valence-electron chi connectivity index (χ2n) is 5.89. The van der Waals surface area contributed by atoms with Crippen LogP contribution in [-0.4, -0.2) is 19.6 Å². The summed E-state index contributed by atoms with van der Waals surface area (Å²) in [7, 11) is -3.56. The van der Waals surface area contributed by atoms with Crippen molar-refractivity contribution in [2.75, 3.05) is 0 Å². The van der Waals surface area contributed by atoms with Gasteiger partial charge in [-0.05, 0) is 42.7 Å². The molecule has 0 heterocycles. The number of benzene rings is 1. The van der Waals surface area contributed by atoms with Gasteiger partial charge < -0.3 is 5.11 Å². The first-order valence-corrected chi connectivity index (χ1v) is 8.63. The van der Waals surface area contributed by atoms with Gasteiger partial charge >= 0.3 is 0 Å². The molecule has 0 bridgehead atoms. The van der Waals surface area contributed by atoms with E-state index in [9.17, 15) is 13.5 Å². The van der Waals surface area contributed by atoms with Gasteiger partial charge in [0.25, 0.3) is 0 Å². The lowest BCUT2D eigenvalue weighted by Gasteiger charge is -2.33. The summed E-state index contributed by atoms with van der Waals surface area (Å²) >= 11 is 0. The highest BCUT2D eigenvalue weighted by molar-refractivity contribution is 7.89. The van der Waals surface area contributed by atoms with Crippen LogP contribution in [0.4, 0.5) is 0 Å². The van der Waals surface area contributed by atoms with Crippen LogP contribution in [-0.2, 0) is 16.6 Å². The van der Waals surface area contributed by atoms with Crippen molar-refractivity contribution in [2.24, 2.45) is 11.8 Å². The molecule has 1 saturated carbocycles. The molecule has 0 aliphatic heterocycles. The number of hydrogen-bond acceptors (Lipinski definition) is 3. The number of rotatable bonds is 4. The fraction of sp³-hybridized carbons (Fsp3) is 0.600. The Labute approximate surface area is 121 Å². The van der Waals surface area contributed by atoms with Gasteiger partial charge in [0.1, 0.15) is 0 Å². The van der Waals surface area contributed by atoms with Crippen LogP contribution in [0.2, 0.25) is 0 Å². The molecule has 2 rings (SSSR count). The van der Waals surface area contributed by atoms with Crippen molar-refractivity contribution in [2.45, 2.75) is 50.7 Å². The molecule has 0 radical (unpaired) electrons. The maximum Gasteiger partial charge on any atom is 0.241 e. The predicted molar refractivity (Wildman–Crippen MR) is 78.7 cm³/mol. The zero-order chi connectivity index (χ0) is 14.8. The molecule has 2 N–H and O–H groups in total. The summed E-state index contributed by atoms with van der Waals surface area (Å²) in [5.74, 6) is 1.00. The molecule has 1 aliphatic carbocycles. The fourth-order valence-electron chi connectivity index (χ4n) is 3.00. The van der Waals surface area contributed by atoms with E-state index in [4.69, 9.17) is 0 Å². The molecule has 1 aromatic carbocycles. The average Bonchev–Trinajstić information content (AvgIpc) is 2.42. The van der Waals surface area contributed by atoms with Crippen LogP contribution >= 0.6 is 0 Å². The Kier molecular flexibility index (Phi) is 4.83. The second kappa shape index (κ2) is 6.24. The molecule has 0 amide bonds. The van der Waals surface area contributed by atoms with E-state index in [1.165, 1.54) is 0 Å². The van der Waals surface area contributed by atoms with Crippen molar-refractivity contribution in [1.82, 2.24) is 4.72 Å². The summed E-state index contributed by atoms with van der Waals surface area (Å²) in [6.45, 7) is 4.04. The lowest BCUT2D eigenvalue weighted by atomic mass is 9.80. The third-order valence-electron chi connectivity index (χ3n) is 4.17. The summed E-state index contributed by atoms with van der Waals surface area (Å²) in [6.07, 6.45) is 2.98. The molecule has 1 aromatic rings. The lowest BCUT2D eigenvalue weighted by molar-refractivity contribution is 0.249. The largest absolute Gasteiger partial charge is 0.392 e. The Hall–Kier alpha value is -0.910. The van der Waals surface area contributed by atoms with E-state index in [-0.39, 0.29) is 17.5 Å². The lowest BCUT2D eigenvalue weighted by Crippen LogP contribution is -2.42. The SMILES string of the molecule is CC1CCC(NS(=O)(=O)c2ccccc2CO)C(C)C1. The smallest absolute Gasteiger partial charge is 0.241 e. The first-order valence-electron chi connectivity index (χ1n) is 7.15. The highest BCUT2D eigenvalue weighted by Gasteiger charge is 2.30. The van der Waals surface area contributed by atoms with E-state index in [0.29, 0.717) is 17.4 Å². The maximum absolute atomic E-state index is 12.5. The monoisotopic (exact) mass is 297 g/mol. The van der Waals surface area contributed by atoms with Crippen molar-refractivity contribution >= 4 is 10.0 Å². The number of aliphatic hydroxyl groups is 1. The zero-order valence-corrected chi connectivity index (χ0v) is 12.9. The van der Waals surface area contributed by atoms with E-state index in [1.54, 1.807) is 24.3 Å². The van der Waals surface area contributed by atoms with Gasteiger partial charge in [-0.3, -0.25) is 0 Å². The predicted octanol–water partition coefficient (Wildman–Crippen LogP) is 2.28. The highest BCUT2D eigenvalue weighted by Crippen LogP contribution is 2.29. The Bertz CT molecular complexity index is 556. The third-order valence-corrected chi connectivity index (χ3v) is 5.76. The number of nitrogens with one attached hydrogen (secondary N) is 1. The molecule has 5 heteroatoms. The number of aliphatic hydroxyl groups excluding tert-OH is 1.